The number of aliphatic hydroxyl groups excluding tert-OH is 7. The molecule has 22 nitrogen and oxygen atoms in total. The second kappa shape index (κ2) is 17.6. The van der Waals surface area contributed by atoms with Gasteiger partial charge in [0, 0.05) is 31.9 Å². The van der Waals surface area contributed by atoms with E-state index in [1.807, 2.05) is 0 Å². The van der Waals surface area contributed by atoms with Crippen LogP contribution in [0.15, 0.2) is 5.11 Å². The Morgan fingerprint density at radius 1 is 0.787 bits per heavy atom. The number of hydrogen-bond donors (Lipinski definition) is 10. The fourth-order valence-corrected chi connectivity index (χ4v) is 5.25. The van der Waals surface area contributed by atoms with E-state index in [0.29, 0.717) is 0 Å². The zero-order valence-corrected chi connectivity index (χ0v) is 25.3. The number of aliphatic carboxylic acids is 1. The molecule has 2 amide bonds. The molecule has 15 atom stereocenters. The molecule has 0 unspecified atom stereocenters. The number of hydrogen-bond acceptors (Lipinski definition) is 17. The number of amides is 2. The summed E-state index contributed by atoms with van der Waals surface area (Å²) >= 11 is 0. The van der Waals surface area contributed by atoms with Gasteiger partial charge < -0.3 is 79.9 Å². The zero-order chi connectivity index (χ0) is 35.0. The number of aliphatic hydroxyl groups is 7. The van der Waals surface area contributed by atoms with E-state index in [9.17, 15) is 55.2 Å². The molecule has 0 radical (unpaired) electrons. The van der Waals surface area contributed by atoms with Crippen molar-refractivity contribution in [1.82, 2.24) is 10.6 Å². The number of carbonyl (C=O) groups is 3. The molecule has 3 saturated heterocycles. The monoisotopic (exact) mass is 683 g/mol. The summed E-state index contributed by atoms with van der Waals surface area (Å²) < 4.78 is 33.8. The highest BCUT2D eigenvalue weighted by Crippen LogP contribution is 2.31. The van der Waals surface area contributed by atoms with Crippen molar-refractivity contribution in [1.29, 1.82) is 0 Å². The van der Waals surface area contributed by atoms with Gasteiger partial charge in [0.25, 0.3) is 0 Å². The van der Waals surface area contributed by atoms with E-state index in [1.165, 1.54) is 0 Å². The van der Waals surface area contributed by atoms with Gasteiger partial charge in [0.15, 0.2) is 25.0 Å². The number of azide groups is 1. The van der Waals surface area contributed by atoms with Crippen molar-refractivity contribution < 1.29 is 83.7 Å². The average Bonchev–Trinajstić information content (AvgIpc) is 3.01. The SMILES string of the molecule is CC(=O)N[C@H]1[C@H](OC[C@H]2O[C@@H](OCCCN=[N+]=[N-])[C@H](NC(C)=O)[C@@H](O[C@@H]3O[C@H](C(=O)O)[C@@H](O)[C@H](O)[C@H]3O)[C@H]2O)O[C@H](CO)[C@H](O)[C@@H]1O. The quantitative estimate of drug-likeness (QED) is 0.0353. The first-order valence-corrected chi connectivity index (χ1v) is 14.5. The van der Waals surface area contributed by atoms with Crippen LogP contribution in [0.25, 0.3) is 10.4 Å². The van der Waals surface area contributed by atoms with Crippen LogP contribution in [0.4, 0.5) is 0 Å². The predicted octanol–water partition coefficient (Wildman–Crippen LogP) is -5.47. The van der Waals surface area contributed by atoms with Gasteiger partial charge in [-0.15, -0.1) is 0 Å². The van der Waals surface area contributed by atoms with Gasteiger partial charge in [0.2, 0.25) is 11.8 Å². The largest absolute Gasteiger partial charge is 0.479 e. The third-order valence-electron chi connectivity index (χ3n) is 7.57. The summed E-state index contributed by atoms with van der Waals surface area (Å²) in [6, 6.07) is -2.75. The molecule has 10 N–H and O–H groups in total. The van der Waals surface area contributed by atoms with E-state index in [0.717, 1.165) is 13.8 Å². The third-order valence-corrected chi connectivity index (χ3v) is 7.57. The Kier molecular flexibility index (Phi) is 14.4. The second-order valence-corrected chi connectivity index (χ2v) is 11.0. The number of ether oxygens (including phenoxy) is 6. The Morgan fingerprint density at radius 2 is 1.40 bits per heavy atom. The van der Waals surface area contributed by atoms with Gasteiger partial charge in [-0.1, -0.05) is 5.11 Å². The van der Waals surface area contributed by atoms with Crippen LogP contribution >= 0.6 is 0 Å². The summed E-state index contributed by atoms with van der Waals surface area (Å²) in [6.45, 7) is 0.776. The van der Waals surface area contributed by atoms with Crippen LogP contribution in [0.1, 0.15) is 20.3 Å². The summed E-state index contributed by atoms with van der Waals surface area (Å²) in [4.78, 5) is 38.2. The Morgan fingerprint density at radius 3 is 2.00 bits per heavy atom. The normalized spacial score (nSPS) is 40.6. The highest BCUT2D eigenvalue weighted by Gasteiger charge is 2.53. The van der Waals surface area contributed by atoms with Crippen LogP contribution in [-0.4, -0.2) is 177 Å². The standard InChI is InChI=1S/C25H41N5O17/c1-8(32)28-12-16(36)14(34)10(6-31)44-23(12)43-7-11-15(35)20(46-25-19(39)17(37)18(38)21(47-25)22(40)41)13(29-9(2)33)24(45-11)42-5-3-4-27-30-26/h10-21,23-25,31,34-39H,3-7H2,1-2H3,(H,28,32)(H,29,33)(H,40,41)/t10-,11-,12-,13-,14+,15+,16-,17+,18+,19-,20-,21+,23-,24-,25-/m1/s1. The fourth-order valence-electron chi connectivity index (χ4n) is 5.25. The van der Waals surface area contributed by atoms with E-state index in [4.69, 9.17) is 34.0 Å². The molecule has 0 saturated carbocycles. The van der Waals surface area contributed by atoms with E-state index in [2.05, 4.69) is 20.7 Å². The van der Waals surface area contributed by atoms with Gasteiger partial charge >= 0.3 is 5.97 Å². The number of rotatable bonds is 14. The topological polar surface area (TPSA) is 341 Å². The lowest BCUT2D eigenvalue weighted by atomic mass is 9.95. The van der Waals surface area contributed by atoms with Gasteiger partial charge in [0.05, 0.1) is 13.2 Å². The first-order valence-electron chi connectivity index (χ1n) is 14.5. The van der Waals surface area contributed by atoms with Crippen molar-refractivity contribution >= 4 is 17.8 Å². The molecular weight excluding hydrogens is 642 g/mol. The summed E-state index contributed by atoms with van der Waals surface area (Å²) in [7, 11) is 0. The highest BCUT2D eigenvalue weighted by atomic mass is 16.7. The number of carboxylic acids is 1. The molecule has 0 aliphatic carbocycles. The highest BCUT2D eigenvalue weighted by molar-refractivity contribution is 5.74. The minimum atomic E-state index is -2.06. The molecule has 0 bridgehead atoms. The fraction of sp³-hybridized carbons (Fsp3) is 0.880. The maximum atomic E-state index is 12.2. The maximum absolute atomic E-state index is 12.2. The Hall–Kier alpha value is -2.80. The first kappa shape index (κ1) is 38.6. The van der Waals surface area contributed by atoms with Gasteiger partial charge in [-0.25, -0.2) is 4.79 Å². The summed E-state index contributed by atoms with van der Waals surface area (Å²) in [5, 5.41) is 90.4. The number of carbonyl (C=O) groups excluding carboxylic acids is 2. The number of nitrogens with zero attached hydrogens (tertiary/aromatic N) is 3. The lowest BCUT2D eigenvalue weighted by Crippen LogP contribution is -2.69. The molecule has 3 fully saturated rings. The molecule has 47 heavy (non-hydrogen) atoms. The maximum Gasteiger partial charge on any atom is 0.335 e. The van der Waals surface area contributed by atoms with Gasteiger partial charge in [-0.3, -0.25) is 9.59 Å². The Labute approximate surface area is 266 Å². The molecule has 0 aromatic rings. The van der Waals surface area contributed by atoms with Crippen molar-refractivity contribution in [3.8, 4) is 0 Å². The lowest BCUT2D eigenvalue weighted by molar-refractivity contribution is -0.345. The van der Waals surface area contributed by atoms with Gasteiger partial charge in [0.1, 0.15) is 67.0 Å². The molecule has 22 heteroatoms. The van der Waals surface area contributed by atoms with Crippen molar-refractivity contribution in [3.63, 3.8) is 0 Å². The smallest absolute Gasteiger partial charge is 0.335 e. The van der Waals surface area contributed by atoms with E-state index in [-0.39, 0.29) is 19.6 Å². The molecule has 0 spiro atoms. The van der Waals surface area contributed by atoms with Gasteiger partial charge in [-0.2, -0.15) is 0 Å². The van der Waals surface area contributed by atoms with E-state index < -0.39 is 123 Å². The third kappa shape index (κ3) is 9.64. The average molecular weight is 684 g/mol. The van der Waals surface area contributed by atoms with E-state index in [1.54, 1.807) is 0 Å². The molecule has 0 aromatic carbocycles. The molecule has 3 aliphatic heterocycles. The van der Waals surface area contributed by atoms with Crippen LogP contribution in [0.3, 0.4) is 0 Å². The van der Waals surface area contributed by atoms with Crippen molar-refractivity contribution in [2.75, 3.05) is 26.4 Å². The van der Waals surface area contributed by atoms with Crippen LogP contribution in [0.5, 0.6) is 0 Å². The lowest BCUT2D eigenvalue weighted by Gasteiger charge is -2.48. The van der Waals surface area contributed by atoms with E-state index >= 15 is 0 Å². The Bertz CT molecular complexity index is 1120. The van der Waals surface area contributed by atoms with Crippen molar-refractivity contribution in [3.05, 3.63) is 10.4 Å². The van der Waals surface area contributed by atoms with Crippen LogP contribution < -0.4 is 10.6 Å². The molecule has 3 heterocycles. The van der Waals surface area contributed by atoms with Crippen LogP contribution in [-0.2, 0) is 42.8 Å². The predicted molar refractivity (Wildman–Crippen MR) is 147 cm³/mol. The summed E-state index contributed by atoms with van der Waals surface area (Å²) in [6.07, 6.45) is -22.5. The minimum absolute atomic E-state index is 0.0196. The van der Waals surface area contributed by atoms with Crippen molar-refractivity contribution in [2.24, 2.45) is 5.11 Å². The van der Waals surface area contributed by atoms with Crippen LogP contribution in [0, 0.1) is 0 Å². The molecule has 3 aliphatic rings. The number of nitrogens with one attached hydrogen (secondary N) is 2. The first-order chi connectivity index (χ1) is 22.2. The Balaban J connectivity index is 1.90. The summed E-state index contributed by atoms with van der Waals surface area (Å²) in [5.41, 5.74) is 8.52. The van der Waals surface area contributed by atoms with Gasteiger partial charge in [-0.05, 0) is 12.0 Å². The summed E-state index contributed by atoms with van der Waals surface area (Å²) in [5.74, 6) is -3.00. The zero-order valence-electron chi connectivity index (χ0n) is 25.3. The minimum Gasteiger partial charge on any atom is -0.479 e. The second-order valence-electron chi connectivity index (χ2n) is 11.0. The number of carboxylic acid groups (broad SMARTS) is 1. The molecule has 268 valence electrons. The van der Waals surface area contributed by atoms with Crippen molar-refractivity contribution in [2.45, 2.75) is 112 Å². The molecule has 0 aromatic heterocycles. The molecular formula is C25H41N5O17. The molecule has 3 rings (SSSR count). The van der Waals surface area contributed by atoms with Crippen LogP contribution in [0.2, 0.25) is 0 Å².